The highest BCUT2D eigenvalue weighted by Gasteiger charge is 2.00. The molecule has 0 aromatic carbocycles. The van der Waals surface area contributed by atoms with Gasteiger partial charge in [0.1, 0.15) is 5.15 Å². The van der Waals surface area contributed by atoms with Crippen molar-refractivity contribution in [2.75, 3.05) is 0 Å². The number of rotatable bonds is 2. The van der Waals surface area contributed by atoms with E-state index < -0.39 is 0 Å². The van der Waals surface area contributed by atoms with E-state index in [9.17, 15) is 0 Å². The Bertz CT molecular complexity index is 420. The summed E-state index contributed by atoms with van der Waals surface area (Å²) in [5.41, 5.74) is 2.13. The van der Waals surface area contributed by atoms with E-state index in [0.29, 0.717) is 5.15 Å². The Morgan fingerprint density at radius 3 is 3.00 bits per heavy atom. The molecule has 0 amide bonds. The van der Waals surface area contributed by atoms with Gasteiger partial charge in [-0.15, -0.1) is 0 Å². The molecule has 2 aromatic rings. The summed E-state index contributed by atoms with van der Waals surface area (Å²) in [5.74, 6) is 0. The van der Waals surface area contributed by atoms with Crippen LogP contribution in [0.5, 0.6) is 0 Å². The van der Waals surface area contributed by atoms with Crippen LogP contribution in [-0.4, -0.2) is 9.55 Å². The predicted molar refractivity (Wildman–Crippen MR) is 55.0 cm³/mol. The van der Waals surface area contributed by atoms with E-state index >= 15 is 0 Å². The van der Waals surface area contributed by atoms with Crippen LogP contribution in [0.3, 0.4) is 0 Å². The number of pyridine rings is 1. The van der Waals surface area contributed by atoms with Crippen molar-refractivity contribution in [1.82, 2.24) is 9.55 Å². The van der Waals surface area contributed by atoms with Crippen LogP contribution in [0.2, 0.25) is 5.15 Å². The minimum atomic E-state index is 0.557. The van der Waals surface area contributed by atoms with Gasteiger partial charge in [-0.3, -0.25) is 0 Å². The van der Waals surface area contributed by atoms with Gasteiger partial charge in [-0.2, -0.15) is 0 Å². The van der Waals surface area contributed by atoms with Gasteiger partial charge in [0.15, 0.2) is 0 Å². The minimum Gasteiger partial charge on any atom is -0.346 e. The molecule has 0 saturated heterocycles. The van der Waals surface area contributed by atoms with Crippen LogP contribution in [0.1, 0.15) is 13.3 Å². The summed E-state index contributed by atoms with van der Waals surface area (Å²) >= 11 is 5.78. The summed E-state index contributed by atoms with van der Waals surface area (Å²) in [6.45, 7) is 3.20. The minimum absolute atomic E-state index is 0.557. The lowest BCUT2D eigenvalue weighted by molar-refractivity contribution is 0.703. The van der Waals surface area contributed by atoms with E-state index in [0.717, 1.165) is 24.0 Å². The number of aromatic nitrogens is 2. The first kappa shape index (κ1) is 8.57. The second-order valence-electron chi connectivity index (χ2n) is 3.05. The molecule has 0 saturated carbocycles. The van der Waals surface area contributed by atoms with Crippen molar-refractivity contribution in [3.05, 3.63) is 29.5 Å². The first-order chi connectivity index (χ1) is 6.31. The quantitative estimate of drug-likeness (QED) is 0.672. The highest BCUT2D eigenvalue weighted by Crippen LogP contribution is 2.16. The van der Waals surface area contributed by atoms with Gasteiger partial charge >= 0.3 is 0 Å². The molecule has 0 aliphatic rings. The summed E-state index contributed by atoms with van der Waals surface area (Å²) < 4.78 is 2.19. The fraction of sp³-hybridized carbons (Fsp3) is 0.300. The fourth-order valence-corrected chi connectivity index (χ4v) is 1.64. The number of fused-ring (bicyclic) bond motifs is 1. The smallest absolute Gasteiger partial charge is 0.129 e. The third-order valence-electron chi connectivity index (χ3n) is 2.05. The molecule has 2 nitrogen and oxygen atoms in total. The molecular formula is C10H11ClN2. The van der Waals surface area contributed by atoms with Crippen molar-refractivity contribution in [2.24, 2.45) is 0 Å². The first-order valence-electron chi connectivity index (χ1n) is 4.42. The molecule has 3 heteroatoms. The second-order valence-corrected chi connectivity index (χ2v) is 3.43. The lowest BCUT2D eigenvalue weighted by Crippen LogP contribution is -1.93. The maximum atomic E-state index is 5.78. The monoisotopic (exact) mass is 194 g/mol. The summed E-state index contributed by atoms with van der Waals surface area (Å²) in [6.07, 6.45) is 3.18. The zero-order chi connectivity index (χ0) is 9.26. The molecule has 0 aliphatic heterocycles. The molecule has 0 atom stereocenters. The zero-order valence-corrected chi connectivity index (χ0v) is 8.25. The van der Waals surface area contributed by atoms with Crippen molar-refractivity contribution in [3.63, 3.8) is 0 Å². The summed E-state index contributed by atoms with van der Waals surface area (Å²) in [5, 5.41) is 0.557. The molecule has 0 fully saturated rings. The van der Waals surface area contributed by atoms with Crippen LogP contribution >= 0.6 is 11.6 Å². The number of nitrogens with zero attached hydrogens (tertiary/aromatic N) is 2. The molecule has 0 bridgehead atoms. The summed E-state index contributed by atoms with van der Waals surface area (Å²) in [6, 6.07) is 5.84. The third kappa shape index (κ3) is 1.54. The first-order valence-corrected chi connectivity index (χ1v) is 4.80. The number of halogens is 1. The molecule has 68 valence electrons. The van der Waals surface area contributed by atoms with Crippen LogP contribution in [-0.2, 0) is 6.54 Å². The van der Waals surface area contributed by atoms with E-state index in [2.05, 4.69) is 22.7 Å². The van der Waals surface area contributed by atoms with E-state index in [4.69, 9.17) is 11.6 Å². The number of aryl methyl sites for hydroxylation is 1. The van der Waals surface area contributed by atoms with Crippen molar-refractivity contribution in [2.45, 2.75) is 19.9 Å². The highest BCUT2D eigenvalue weighted by molar-refractivity contribution is 6.29. The molecule has 0 aliphatic carbocycles. The standard InChI is InChI=1S/C10H11ClN2/c1-2-6-13-7-5-8-9(13)3-4-10(11)12-8/h3-5,7H,2,6H2,1H3. The lowest BCUT2D eigenvalue weighted by Gasteiger charge is -2.01. The van der Waals surface area contributed by atoms with Crippen LogP contribution in [0.25, 0.3) is 11.0 Å². The molecule has 0 radical (unpaired) electrons. The Kier molecular flexibility index (Phi) is 2.23. The molecular weight excluding hydrogens is 184 g/mol. The van der Waals surface area contributed by atoms with Crippen LogP contribution in [0.4, 0.5) is 0 Å². The predicted octanol–water partition coefficient (Wildman–Crippen LogP) is 3.10. The number of hydrogen-bond acceptors (Lipinski definition) is 1. The van der Waals surface area contributed by atoms with Crippen LogP contribution in [0, 0.1) is 0 Å². The van der Waals surface area contributed by atoms with Gasteiger partial charge in [0, 0.05) is 12.7 Å². The largest absolute Gasteiger partial charge is 0.346 e. The molecule has 2 rings (SSSR count). The molecule has 0 unspecified atom stereocenters. The van der Waals surface area contributed by atoms with E-state index in [-0.39, 0.29) is 0 Å². The van der Waals surface area contributed by atoms with Gasteiger partial charge in [0.05, 0.1) is 11.0 Å². The Hall–Kier alpha value is -1.02. The van der Waals surface area contributed by atoms with Gasteiger partial charge < -0.3 is 4.57 Å². The Morgan fingerprint density at radius 2 is 2.23 bits per heavy atom. The van der Waals surface area contributed by atoms with Gasteiger partial charge in [0.25, 0.3) is 0 Å². The van der Waals surface area contributed by atoms with Crippen molar-refractivity contribution in [3.8, 4) is 0 Å². The second kappa shape index (κ2) is 3.38. The van der Waals surface area contributed by atoms with Gasteiger partial charge in [-0.05, 0) is 24.6 Å². The van der Waals surface area contributed by atoms with Crippen LogP contribution < -0.4 is 0 Å². The van der Waals surface area contributed by atoms with E-state index in [1.807, 2.05) is 18.2 Å². The summed E-state index contributed by atoms with van der Waals surface area (Å²) in [7, 11) is 0. The fourth-order valence-electron chi connectivity index (χ4n) is 1.48. The molecule has 2 heterocycles. The van der Waals surface area contributed by atoms with Gasteiger partial charge in [-0.25, -0.2) is 4.98 Å². The maximum absolute atomic E-state index is 5.78. The Morgan fingerprint density at radius 1 is 1.38 bits per heavy atom. The maximum Gasteiger partial charge on any atom is 0.129 e. The summed E-state index contributed by atoms with van der Waals surface area (Å²) in [4.78, 5) is 4.22. The normalized spacial score (nSPS) is 10.9. The molecule has 2 aromatic heterocycles. The topological polar surface area (TPSA) is 17.8 Å². The van der Waals surface area contributed by atoms with Crippen molar-refractivity contribution >= 4 is 22.6 Å². The third-order valence-corrected chi connectivity index (χ3v) is 2.27. The SMILES string of the molecule is CCCn1ccc2nc(Cl)ccc21. The average Bonchev–Trinajstić information content (AvgIpc) is 2.49. The van der Waals surface area contributed by atoms with E-state index in [1.54, 1.807) is 0 Å². The number of hydrogen-bond donors (Lipinski definition) is 0. The lowest BCUT2D eigenvalue weighted by atomic mass is 10.4. The Balaban J connectivity index is 2.55. The van der Waals surface area contributed by atoms with Crippen molar-refractivity contribution in [1.29, 1.82) is 0 Å². The molecule has 0 spiro atoms. The highest BCUT2D eigenvalue weighted by atomic mass is 35.5. The molecule has 13 heavy (non-hydrogen) atoms. The van der Waals surface area contributed by atoms with E-state index in [1.165, 1.54) is 0 Å². The van der Waals surface area contributed by atoms with Gasteiger partial charge in [-0.1, -0.05) is 18.5 Å². The Labute approximate surface area is 82.1 Å². The zero-order valence-electron chi connectivity index (χ0n) is 7.50. The van der Waals surface area contributed by atoms with Crippen LogP contribution in [0.15, 0.2) is 24.4 Å². The average molecular weight is 195 g/mol. The molecule has 0 N–H and O–H groups in total. The van der Waals surface area contributed by atoms with Gasteiger partial charge in [0.2, 0.25) is 0 Å². The van der Waals surface area contributed by atoms with Crippen molar-refractivity contribution < 1.29 is 0 Å².